The van der Waals surface area contributed by atoms with Crippen LogP contribution in [0, 0.1) is 5.92 Å². The van der Waals surface area contributed by atoms with Gasteiger partial charge < -0.3 is 15.5 Å². The molecule has 0 aliphatic heterocycles. The lowest BCUT2D eigenvalue weighted by molar-refractivity contribution is -0.141. The van der Waals surface area contributed by atoms with Crippen LogP contribution in [-0.4, -0.2) is 34.2 Å². The van der Waals surface area contributed by atoms with E-state index in [-0.39, 0.29) is 17.9 Å². The van der Waals surface area contributed by atoms with Crippen LogP contribution in [0.15, 0.2) is 54.6 Å². The van der Waals surface area contributed by atoms with Gasteiger partial charge in [-0.2, -0.15) is 0 Å². The van der Waals surface area contributed by atoms with E-state index in [9.17, 15) is 14.7 Å². The van der Waals surface area contributed by atoms with Gasteiger partial charge in [-0.15, -0.1) is 0 Å². The molecule has 142 valence electrons. The molecule has 5 nitrogen and oxygen atoms in total. The number of benzene rings is 2. The highest BCUT2D eigenvalue weighted by Crippen LogP contribution is 2.33. The molecule has 3 rings (SSSR count). The molecule has 3 N–H and O–H groups in total. The summed E-state index contributed by atoms with van der Waals surface area (Å²) in [7, 11) is 0. The van der Waals surface area contributed by atoms with Crippen molar-refractivity contribution in [2.24, 2.45) is 5.92 Å². The highest BCUT2D eigenvalue weighted by molar-refractivity contribution is 5.77. The van der Waals surface area contributed by atoms with Crippen molar-refractivity contribution in [2.45, 2.75) is 44.2 Å². The Labute approximate surface area is 159 Å². The third-order valence-electron chi connectivity index (χ3n) is 5.50. The van der Waals surface area contributed by atoms with Crippen molar-refractivity contribution in [1.82, 2.24) is 5.32 Å². The molecule has 0 bridgehead atoms. The van der Waals surface area contributed by atoms with Gasteiger partial charge in [0.2, 0.25) is 0 Å². The predicted molar refractivity (Wildman–Crippen MR) is 103 cm³/mol. The maximum Gasteiger partial charge on any atom is 0.321 e. The van der Waals surface area contributed by atoms with E-state index in [0.717, 1.165) is 11.1 Å². The average Bonchev–Trinajstić information content (AvgIpc) is 3.45. The second-order valence-electron chi connectivity index (χ2n) is 7.36. The van der Waals surface area contributed by atoms with Gasteiger partial charge in [0, 0.05) is 17.9 Å². The van der Waals surface area contributed by atoms with Crippen molar-refractivity contribution in [2.75, 3.05) is 0 Å². The van der Waals surface area contributed by atoms with Crippen molar-refractivity contribution in [3.05, 3.63) is 71.3 Å². The van der Waals surface area contributed by atoms with E-state index in [1.807, 2.05) is 37.3 Å². The molecule has 5 unspecified atom stereocenters. The van der Waals surface area contributed by atoms with Crippen molar-refractivity contribution >= 4 is 11.9 Å². The lowest BCUT2D eigenvalue weighted by Gasteiger charge is -2.23. The minimum Gasteiger partial charge on any atom is -0.481 e. The molecule has 1 aliphatic carbocycles. The number of carbonyl (C=O) groups is 2. The summed E-state index contributed by atoms with van der Waals surface area (Å²) in [5, 5.41) is 21.7. The Morgan fingerprint density at radius 2 is 1.59 bits per heavy atom. The summed E-state index contributed by atoms with van der Waals surface area (Å²) >= 11 is 0. The van der Waals surface area contributed by atoms with Gasteiger partial charge in [-0.3, -0.25) is 9.59 Å². The lowest BCUT2D eigenvalue weighted by Crippen LogP contribution is -2.43. The third kappa shape index (κ3) is 4.37. The van der Waals surface area contributed by atoms with Gasteiger partial charge in [-0.05, 0) is 23.1 Å². The Morgan fingerprint density at radius 3 is 2.19 bits per heavy atom. The molecule has 0 saturated heterocycles. The fourth-order valence-electron chi connectivity index (χ4n) is 3.55. The second-order valence-corrected chi connectivity index (χ2v) is 7.36. The molecule has 0 radical (unpaired) electrons. The van der Waals surface area contributed by atoms with E-state index >= 15 is 0 Å². The van der Waals surface area contributed by atoms with Gasteiger partial charge in [0.1, 0.15) is 6.04 Å². The van der Waals surface area contributed by atoms with Crippen LogP contribution < -0.4 is 5.32 Å². The zero-order valence-corrected chi connectivity index (χ0v) is 15.5. The molecule has 1 saturated carbocycles. The van der Waals surface area contributed by atoms with Crippen LogP contribution in [0.1, 0.15) is 48.8 Å². The normalized spacial score (nSPS) is 21.9. The molecule has 0 spiro atoms. The molecule has 0 heterocycles. The molecule has 1 aliphatic rings. The summed E-state index contributed by atoms with van der Waals surface area (Å²) in [6, 6.07) is 17.1. The minimum absolute atomic E-state index is 0.203. The largest absolute Gasteiger partial charge is 0.481 e. The van der Waals surface area contributed by atoms with E-state index in [1.54, 1.807) is 0 Å². The third-order valence-corrected chi connectivity index (χ3v) is 5.50. The van der Waals surface area contributed by atoms with E-state index in [1.165, 1.54) is 5.56 Å². The van der Waals surface area contributed by atoms with Crippen molar-refractivity contribution in [3.8, 4) is 0 Å². The van der Waals surface area contributed by atoms with Crippen LogP contribution >= 0.6 is 0 Å². The maximum atomic E-state index is 11.8. The number of carboxylic acids is 2. The molecule has 27 heavy (non-hydrogen) atoms. The van der Waals surface area contributed by atoms with E-state index < -0.39 is 23.9 Å². The molecule has 0 amide bonds. The molecule has 5 heteroatoms. The Hall–Kier alpha value is -2.66. The Bertz CT molecular complexity index is 820. The summed E-state index contributed by atoms with van der Waals surface area (Å²) < 4.78 is 0. The smallest absolute Gasteiger partial charge is 0.321 e. The van der Waals surface area contributed by atoms with Crippen LogP contribution in [0.25, 0.3) is 0 Å². The SMILES string of the molecule is CC(c1ccccc1)c1cccc(C(C)C(NC2CC2C(=O)O)C(=O)O)c1. The number of hydrogen-bond donors (Lipinski definition) is 3. The monoisotopic (exact) mass is 367 g/mol. The fraction of sp³-hybridized carbons (Fsp3) is 0.364. The highest BCUT2D eigenvalue weighted by Gasteiger charge is 2.45. The summed E-state index contributed by atoms with van der Waals surface area (Å²) in [5.41, 5.74) is 3.27. The Morgan fingerprint density at radius 1 is 0.963 bits per heavy atom. The number of hydrogen-bond acceptors (Lipinski definition) is 3. The first kappa shape index (κ1) is 19.1. The fourth-order valence-corrected chi connectivity index (χ4v) is 3.55. The topological polar surface area (TPSA) is 86.6 Å². The van der Waals surface area contributed by atoms with Gasteiger partial charge in [0.05, 0.1) is 5.92 Å². The molecule has 2 aromatic carbocycles. The number of aliphatic carboxylic acids is 2. The van der Waals surface area contributed by atoms with Gasteiger partial charge in [-0.1, -0.05) is 68.4 Å². The summed E-state index contributed by atoms with van der Waals surface area (Å²) in [4.78, 5) is 22.8. The summed E-state index contributed by atoms with van der Waals surface area (Å²) in [6.07, 6.45) is 0.483. The second kappa shape index (κ2) is 7.92. The van der Waals surface area contributed by atoms with Crippen molar-refractivity contribution in [1.29, 1.82) is 0 Å². The zero-order chi connectivity index (χ0) is 19.6. The molecule has 1 fully saturated rings. The first-order valence-electron chi connectivity index (χ1n) is 9.25. The first-order valence-corrected chi connectivity index (χ1v) is 9.25. The van der Waals surface area contributed by atoms with Crippen LogP contribution in [0.5, 0.6) is 0 Å². The van der Waals surface area contributed by atoms with Gasteiger partial charge in [0.25, 0.3) is 0 Å². The quantitative estimate of drug-likeness (QED) is 0.665. The van der Waals surface area contributed by atoms with Gasteiger partial charge in [-0.25, -0.2) is 0 Å². The molecule has 0 aromatic heterocycles. The zero-order valence-electron chi connectivity index (χ0n) is 15.5. The Balaban J connectivity index is 1.78. The Kier molecular flexibility index (Phi) is 5.61. The molecule has 2 aromatic rings. The summed E-state index contributed by atoms with van der Waals surface area (Å²) in [6.45, 7) is 4.00. The van der Waals surface area contributed by atoms with Crippen LogP contribution in [0.2, 0.25) is 0 Å². The van der Waals surface area contributed by atoms with Gasteiger partial charge in [0.15, 0.2) is 0 Å². The molecule has 5 atom stereocenters. The number of carboxylic acid groups (broad SMARTS) is 2. The first-order chi connectivity index (χ1) is 12.9. The lowest BCUT2D eigenvalue weighted by atomic mass is 9.87. The van der Waals surface area contributed by atoms with Crippen molar-refractivity contribution < 1.29 is 19.8 Å². The minimum atomic E-state index is -0.958. The molecular formula is C22H25NO4. The van der Waals surface area contributed by atoms with Gasteiger partial charge >= 0.3 is 11.9 Å². The van der Waals surface area contributed by atoms with E-state index in [2.05, 4.69) is 36.5 Å². The predicted octanol–water partition coefficient (Wildman–Crippen LogP) is 3.46. The van der Waals surface area contributed by atoms with E-state index in [0.29, 0.717) is 6.42 Å². The number of rotatable bonds is 8. The highest BCUT2D eigenvalue weighted by atomic mass is 16.4. The van der Waals surface area contributed by atoms with Crippen LogP contribution in [0.3, 0.4) is 0 Å². The molecular weight excluding hydrogens is 342 g/mol. The number of nitrogens with one attached hydrogen (secondary N) is 1. The standard InChI is InChI=1S/C22H25NO4/c1-13(15-7-4-3-5-8-15)16-9-6-10-17(11-16)14(2)20(22(26)27)23-19-12-18(19)21(24)25/h3-11,13-14,18-20,23H,12H2,1-2H3,(H,24,25)(H,26,27). The average molecular weight is 367 g/mol. The maximum absolute atomic E-state index is 11.8. The summed E-state index contributed by atoms with van der Waals surface area (Å²) in [5.74, 6) is -2.39. The van der Waals surface area contributed by atoms with Crippen LogP contribution in [0.4, 0.5) is 0 Å². The van der Waals surface area contributed by atoms with E-state index in [4.69, 9.17) is 5.11 Å². The van der Waals surface area contributed by atoms with Crippen molar-refractivity contribution in [3.63, 3.8) is 0 Å². The van der Waals surface area contributed by atoms with Crippen LogP contribution in [-0.2, 0) is 9.59 Å².